The molecule has 1 aliphatic rings. The monoisotopic (exact) mass is 401 g/mol. The van der Waals surface area contributed by atoms with Crippen LogP contribution in [0.5, 0.6) is 11.5 Å². The second-order valence-electron chi connectivity index (χ2n) is 6.49. The number of benzene rings is 1. The van der Waals surface area contributed by atoms with Crippen LogP contribution in [0.25, 0.3) is 10.9 Å². The Bertz CT molecular complexity index is 965. The van der Waals surface area contributed by atoms with E-state index in [1.165, 1.54) is 0 Å². The first kappa shape index (κ1) is 20.2. The minimum atomic E-state index is -0.575. The van der Waals surface area contributed by atoms with E-state index >= 15 is 0 Å². The Morgan fingerprint density at radius 1 is 1.10 bits per heavy atom. The molecular weight excluding hydrogens is 378 g/mol. The molecule has 1 saturated carbocycles. The number of carbonyl (C=O) groups excluding carboxylic acids is 3. The number of rotatable bonds is 8. The molecule has 0 spiro atoms. The van der Waals surface area contributed by atoms with Gasteiger partial charge in [-0.25, -0.2) is 4.79 Å². The van der Waals surface area contributed by atoms with Crippen molar-refractivity contribution in [3.05, 3.63) is 36.0 Å². The molecule has 1 heterocycles. The zero-order valence-corrected chi connectivity index (χ0v) is 16.4. The van der Waals surface area contributed by atoms with E-state index in [0.717, 1.165) is 23.1 Å². The van der Waals surface area contributed by atoms with Crippen LogP contribution >= 0.6 is 0 Å². The molecule has 2 aromatic rings. The maximum Gasteiger partial charge on any atom is 0.330 e. The molecular formula is C20H23N3O6. The van der Waals surface area contributed by atoms with Gasteiger partial charge < -0.3 is 29.8 Å². The van der Waals surface area contributed by atoms with E-state index in [0.29, 0.717) is 23.6 Å². The zero-order chi connectivity index (χ0) is 21.0. The Morgan fingerprint density at radius 3 is 2.55 bits per heavy atom. The number of esters is 1. The lowest BCUT2D eigenvalue weighted by Gasteiger charge is -2.04. The highest BCUT2D eigenvalue weighted by atomic mass is 16.5. The number of aromatic nitrogens is 1. The van der Waals surface area contributed by atoms with Crippen LogP contribution in [0.2, 0.25) is 0 Å². The lowest BCUT2D eigenvalue weighted by atomic mass is 10.2. The molecule has 3 rings (SSSR count). The molecule has 1 fully saturated rings. The van der Waals surface area contributed by atoms with Gasteiger partial charge in [0.15, 0.2) is 0 Å². The van der Waals surface area contributed by atoms with Crippen LogP contribution < -0.4 is 20.1 Å². The van der Waals surface area contributed by atoms with Crippen molar-refractivity contribution in [1.29, 1.82) is 0 Å². The lowest BCUT2D eigenvalue weighted by molar-refractivity contribution is -0.137. The summed E-state index contributed by atoms with van der Waals surface area (Å²) in [5, 5.41) is 6.36. The first-order valence-corrected chi connectivity index (χ1v) is 9.16. The van der Waals surface area contributed by atoms with Gasteiger partial charge in [-0.05, 0) is 19.4 Å². The summed E-state index contributed by atoms with van der Waals surface area (Å²) in [7, 11) is 3.11. The van der Waals surface area contributed by atoms with Gasteiger partial charge in [0.1, 0.15) is 17.2 Å². The molecule has 9 nitrogen and oxygen atoms in total. The number of fused-ring (bicyclic) bond motifs is 1. The summed E-state index contributed by atoms with van der Waals surface area (Å²) >= 11 is 0. The molecule has 9 heteroatoms. The summed E-state index contributed by atoms with van der Waals surface area (Å²) in [4.78, 5) is 38.6. The summed E-state index contributed by atoms with van der Waals surface area (Å²) in [6.45, 7) is 1.93. The molecule has 1 aliphatic carbocycles. The van der Waals surface area contributed by atoms with E-state index in [-0.39, 0.29) is 24.6 Å². The smallest absolute Gasteiger partial charge is 0.330 e. The van der Waals surface area contributed by atoms with Gasteiger partial charge in [0.2, 0.25) is 5.91 Å². The van der Waals surface area contributed by atoms with Crippen LogP contribution in [0, 0.1) is 0 Å². The topological polar surface area (TPSA) is 119 Å². The average Bonchev–Trinajstić information content (AvgIpc) is 3.26. The molecule has 154 valence electrons. The average molecular weight is 401 g/mol. The summed E-state index contributed by atoms with van der Waals surface area (Å²) in [5.74, 6) is -0.0638. The molecule has 1 aromatic carbocycles. The van der Waals surface area contributed by atoms with Crippen LogP contribution in [-0.2, 0) is 14.3 Å². The first-order chi connectivity index (χ1) is 13.9. The van der Waals surface area contributed by atoms with Crippen LogP contribution in [0.4, 0.5) is 0 Å². The van der Waals surface area contributed by atoms with Crippen molar-refractivity contribution in [3.63, 3.8) is 0 Å². The summed E-state index contributed by atoms with van der Waals surface area (Å²) in [6.07, 6.45) is 2.80. The number of hydrogen-bond donors (Lipinski definition) is 3. The van der Waals surface area contributed by atoms with Crippen molar-refractivity contribution in [3.8, 4) is 11.5 Å². The fraction of sp³-hybridized carbons (Fsp3) is 0.350. The highest BCUT2D eigenvalue weighted by Crippen LogP contribution is 2.32. The van der Waals surface area contributed by atoms with Crippen molar-refractivity contribution in [1.82, 2.24) is 15.6 Å². The van der Waals surface area contributed by atoms with Gasteiger partial charge in [-0.3, -0.25) is 9.59 Å². The highest BCUT2D eigenvalue weighted by Gasteiger charge is 2.39. The number of aromatic amines is 1. The molecule has 1 aromatic heterocycles. The summed E-state index contributed by atoms with van der Waals surface area (Å²) in [5.41, 5.74) is 1.10. The Morgan fingerprint density at radius 2 is 1.86 bits per heavy atom. The Hall–Kier alpha value is -3.49. The van der Waals surface area contributed by atoms with E-state index in [1.807, 2.05) is 0 Å². The van der Waals surface area contributed by atoms with Crippen molar-refractivity contribution < 1.29 is 28.6 Å². The van der Waals surface area contributed by atoms with Gasteiger partial charge in [-0.2, -0.15) is 0 Å². The fourth-order valence-corrected chi connectivity index (χ4v) is 2.91. The third kappa shape index (κ3) is 4.87. The predicted octanol–water partition coefficient (Wildman–Crippen LogP) is 1.29. The van der Waals surface area contributed by atoms with Crippen LogP contribution in [-0.4, -0.2) is 55.7 Å². The van der Waals surface area contributed by atoms with E-state index in [4.69, 9.17) is 14.2 Å². The maximum absolute atomic E-state index is 12.5. The number of H-pyrrole nitrogens is 1. The van der Waals surface area contributed by atoms with Gasteiger partial charge >= 0.3 is 5.97 Å². The van der Waals surface area contributed by atoms with Gasteiger partial charge in [-0.1, -0.05) is 0 Å². The highest BCUT2D eigenvalue weighted by molar-refractivity contribution is 6.00. The SMILES string of the molecule is CCOC(=O)/C=C/C(=O)N[C@@H]1C[C@H]1NC(=O)c1cc2c(OC)cc(OC)cc2[nH]1. The summed E-state index contributed by atoms with van der Waals surface area (Å²) < 4.78 is 15.3. The van der Waals surface area contributed by atoms with Crippen LogP contribution in [0.1, 0.15) is 23.8 Å². The second-order valence-corrected chi connectivity index (χ2v) is 6.49. The molecule has 0 radical (unpaired) electrons. The van der Waals surface area contributed by atoms with Crippen LogP contribution in [0.15, 0.2) is 30.4 Å². The number of hydrogen-bond acceptors (Lipinski definition) is 6. The van der Waals surface area contributed by atoms with Crippen LogP contribution in [0.3, 0.4) is 0 Å². The second kappa shape index (κ2) is 8.68. The largest absolute Gasteiger partial charge is 0.497 e. The molecule has 0 unspecified atom stereocenters. The molecule has 2 amide bonds. The first-order valence-electron chi connectivity index (χ1n) is 9.16. The maximum atomic E-state index is 12.5. The minimum absolute atomic E-state index is 0.176. The molecule has 2 atom stereocenters. The molecule has 0 aliphatic heterocycles. The lowest BCUT2D eigenvalue weighted by Crippen LogP contribution is -2.34. The standard InChI is InChI=1S/C20H23N3O6/c1-4-29-19(25)6-5-18(24)22-14-10-15(14)23-20(26)16-9-12-13(21-16)7-11(27-2)8-17(12)28-3/h5-9,14-15,21H,4,10H2,1-3H3,(H,22,24)(H,23,26)/b6-5+/t14-,15-/m1/s1. The van der Waals surface area contributed by atoms with E-state index < -0.39 is 11.9 Å². The van der Waals surface area contributed by atoms with E-state index in [9.17, 15) is 14.4 Å². The fourth-order valence-electron chi connectivity index (χ4n) is 2.91. The molecule has 3 N–H and O–H groups in total. The molecule has 0 bridgehead atoms. The number of methoxy groups -OCH3 is 2. The number of ether oxygens (including phenoxy) is 3. The van der Waals surface area contributed by atoms with Crippen molar-refractivity contribution in [2.45, 2.75) is 25.4 Å². The number of nitrogens with one attached hydrogen (secondary N) is 3. The normalized spacial score (nSPS) is 17.8. The van der Waals surface area contributed by atoms with Gasteiger partial charge in [0.05, 0.1) is 38.4 Å². The third-order valence-corrected chi connectivity index (χ3v) is 4.47. The Labute approximate surface area is 167 Å². The van der Waals surface area contributed by atoms with Crippen molar-refractivity contribution >= 4 is 28.7 Å². The van der Waals surface area contributed by atoms with Crippen molar-refractivity contribution in [2.24, 2.45) is 0 Å². The predicted molar refractivity (Wildman–Crippen MR) is 105 cm³/mol. The molecule has 29 heavy (non-hydrogen) atoms. The Balaban J connectivity index is 1.58. The van der Waals surface area contributed by atoms with Gasteiger partial charge in [-0.15, -0.1) is 0 Å². The van der Waals surface area contributed by atoms with Gasteiger partial charge in [0.25, 0.3) is 5.91 Å². The molecule has 0 saturated heterocycles. The van der Waals surface area contributed by atoms with Crippen molar-refractivity contribution in [2.75, 3.05) is 20.8 Å². The summed E-state index contributed by atoms with van der Waals surface area (Å²) in [6, 6.07) is 4.88. The Kier molecular flexibility index (Phi) is 6.06. The zero-order valence-electron chi connectivity index (χ0n) is 16.4. The van der Waals surface area contributed by atoms with E-state index in [2.05, 4.69) is 15.6 Å². The quantitative estimate of drug-likeness (QED) is 0.453. The van der Waals surface area contributed by atoms with Gasteiger partial charge in [0, 0.05) is 29.7 Å². The number of carbonyl (C=O) groups is 3. The third-order valence-electron chi connectivity index (χ3n) is 4.47. The van der Waals surface area contributed by atoms with E-state index in [1.54, 1.807) is 39.3 Å². The minimum Gasteiger partial charge on any atom is -0.497 e. The number of amides is 2.